The van der Waals surface area contributed by atoms with Gasteiger partial charge >= 0.3 is 0 Å². The Kier molecular flexibility index (Phi) is 7.15. The monoisotopic (exact) mass is 485 g/mol. The summed E-state index contributed by atoms with van der Waals surface area (Å²) in [6.07, 6.45) is 0.533. The Morgan fingerprint density at radius 1 is 1.09 bits per heavy atom. The van der Waals surface area contributed by atoms with Crippen LogP contribution in [0, 0.1) is 5.82 Å². The summed E-state index contributed by atoms with van der Waals surface area (Å²) >= 11 is 2.55. The van der Waals surface area contributed by atoms with E-state index in [-0.39, 0.29) is 23.3 Å². The maximum absolute atomic E-state index is 13.0. The van der Waals surface area contributed by atoms with Gasteiger partial charge in [0.1, 0.15) is 16.6 Å². The number of aromatic nitrogens is 5. The smallest absolute Gasteiger partial charge is 0.282 e. The second kappa shape index (κ2) is 10.4. The third-order valence-corrected chi connectivity index (χ3v) is 6.67. The lowest BCUT2D eigenvalue weighted by Gasteiger charge is -2.04. The van der Waals surface area contributed by atoms with Crippen molar-refractivity contribution in [3.8, 4) is 5.75 Å². The maximum Gasteiger partial charge on any atom is 0.282 e. The summed E-state index contributed by atoms with van der Waals surface area (Å²) in [6, 6.07) is 13.6. The molecule has 2 aromatic heterocycles. The highest BCUT2D eigenvalue weighted by atomic mass is 32.2. The average molecular weight is 486 g/mol. The van der Waals surface area contributed by atoms with Crippen molar-refractivity contribution in [2.45, 2.75) is 23.9 Å². The third-order valence-electron chi connectivity index (χ3n) is 4.61. The zero-order chi connectivity index (χ0) is 23.2. The molecule has 0 radical (unpaired) electrons. The minimum atomic E-state index is -0.336. The van der Waals surface area contributed by atoms with Gasteiger partial charge in [-0.2, -0.15) is 0 Å². The van der Waals surface area contributed by atoms with Crippen molar-refractivity contribution in [1.82, 2.24) is 30.4 Å². The van der Waals surface area contributed by atoms with E-state index in [2.05, 4.69) is 25.7 Å². The Bertz CT molecular complexity index is 1230. The molecule has 170 valence electrons. The van der Waals surface area contributed by atoms with Crippen LogP contribution in [0.15, 0.2) is 53.7 Å². The number of halogens is 1. The lowest BCUT2D eigenvalue weighted by molar-refractivity contribution is 0.0950. The molecule has 0 aliphatic rings. The number of rotatable bonds is 9. The number of hydrogen-bond acceptors (Lipinski definition) is 9. The van der Waals surface area contributed by atoms with Crippen LogP contribution in [0.2, 0.25) is 0 Å². The van der Waals surface area contributed by atoms with Crippen molar-refractivity contribution in [2.24, 2.45) is 0 Å². The number of methoxy groups -OCH3 is 1. The second-order valence-electron chi connectivity index (χ2n) is 6.89. The van der Waals surface area contributed by atoms with Gasteiger partial charge in [0, 0.05) is 13.0 Å². The van der Waals surface area contributed by atoms with Gasteiger partial charge in [0.25, 0.3) is 5.91 Å². The molecule has 0 fully saturated rings. The van der Waals surface area contributed by atoms with E-state index in [1.807, 2.05) is 24.3 Å². The van der Waals surface area contributed by atoms with Crippen LogP contribution in [-0.4, -0.2) is 38.1 Å². The third kappa shape index (κ3) is 5.84. The van der Waals surface area contributed by atoms with Gasteiger partial charge in [-0.15, -0.1) is 20.4 Å². The molecule has 0 bridgehead atoms. The van der Waals surface area contributed by atoms with Crippen LogP contribution in [0.4, 0.5) is 4.39 Å². The molecule has 0 saturated carbocycles. The van der Waals surface area contributed by atoms with Crippen LogP contribution in [0.25, 0.3) is 0 Å². The fourth-order valence-corrected chi connectivity index (χ4v) is 4.46. The predicted octanol–water partition coefficient (Wildman–Crippen LogP) is 2.80. The number of nitrogen functional groups attached to an aromatic ring is 1. The molecule has 0 saturated heterocycles. The number of carbonyl (C=O) groups is 1. The minimum Gasteiger partial charge on any atom is -0.497 e. The van der Waals surface area contributed by atoms with Crippen LogP contribution >= 0.6 is 23.1 Å². The summed E-state index contributed by atoms with van der Waals surface area (Å²) in [5, 5.41) is 20.5. The Hall–Kier alpha value is -3.51. The van der Waals surface area contributed by atoms with Crippen LogP contribution in [0.5, 0.6) is 5.75 Å². The molecule has 9 nitrogen and oxygen atoms in total. The zero-order valence-electron chi connectivity index (χ0n) is 17.6. The summed E-state index contributed by atoms with van der Waals surface area (Å²) in [4.78, 5) is 12.3. The number of hydrogen-bond donors (Lipinski definition) is 2. The number of benzene rings is 2. The van der Waals surface area contributed by atoms with E-state index in [0.717, 1.165) is 16.9 Å². The largest absolute Gasteiger partial charge is 0.497 e. The van der Waals surface area contributed by atoms with Gasteiger partial charge in [-0.3, -0.25) is 4.79 Å². The normalized spacial score (nSPS) is 10.8. The lowest BCUT2D eigenvalue weighted by Crippen LogP contribution is -2.22. The molecule has 33 heavy (non-hydrogen) atoms. The Morgan fingerprint density at radius 3 is 2.55 bits per heavy atom. The molecule has 12 heteroatoms. The van der Waals surface area contributed by atoms with E-state index >= 15 is 0 Å². The number of thioether (sulfide) groups is 1. The van der Waals surface area contributed by atoms with Gasteiger partial charge in [-0.05, 0) is 35.4 Å². The minimum absolute atomic E-state index is 0.252. The van der Waals surface area contributed by atoms with Crippen LogP contribution in [-0.2, 0) is 18.7 Å². The molecule has 2 aromatic carbocycles. The van der Waals surface area contributed by atoms with Gasteiger partial charge in [0.15, 0.2) is 5.82 Å². The highest BCUT2D eigenvalue weighted by Gasteiger charge is 2.15. The van der Waals surface area contributed by atoms with Gasteiger partial charge in [0.05, 0.1) is 12.9 Å². The first-order valence-corrected chi connectivity index (χ1v) is 11.6. The molecule has 2 heterocycles. The summed E-state index contributed by atoms with van der Waals surface area (Å²) < 4.78 is 19.6. The summed E-state index contributed by atoms with van der Waals surface area (Å²) in [7, 11) is 1.62. The fraction of sp³-hybridized carbons (Fsp3) is 0.190. The van der Waals surface area contributed by atoms with Gasteiger partial charge in [0.2, 0.25) is 10.2 Å². The highest BCUT2D eigenvalue weighted by molar-refractivity contribution is 7.98. The number of nitrogens with two attached hydrogens (primary N) is 1. The van der Waals surface area contributed by atoms with E-state index in [1.165, 1.54) is 39.9 Å². The van der Waals surface area contributed by atoms with Crippen molar-refractivity contribution in [2.75, 3.05) is 13.0 Å². The first kappa shape index (κ1) is 22.7. The molecule has 0 atom stereocenters. The van der Waals surface area contributed by atoms with Crippen LogP contribution in [0.1, 0.15) is 31.8 Å². The molecule has 4 rings (SSSR count). The molecule has 1 amide bonds. The Morgan fingerprint density at radius 2 is 1.82 bits per heavy atom. The standard InChI is InChI=1S/C21H20FN7O2S2/c1-31-16-8-4-13(5-9-16)10-17-25-28-21(29(17)23)32-12-18-26-27-20(33-18)19(30)24-11-14-2-6-15(22)7-3-14/h2-9H,10-12,23H2,1H3,(H,24,30). The van der Waals surface area contributed by atoms with Crippen LogP contribution in [0.3, 0.4) is 0 Å². The van der Waals surface area contributed by atoms with E-state index in [1.54, 1.807) is 19.2 Å². The summed E-state index contributed by atoms with van der Waals surface area (Å²) in [6.45, 7) is 0.274. The summed E-state index contributed by atoms with van der Waals surface area (Å²) in [5.41, 5.74) is 1.82. The molecule has 0 unspecified atom stereocenters. The second-order valence-corrected chi connectivity index (χ2v) is 8.90. The number of carbonyl (C=O) groups excluding carboxylic acids is 1. The average Bonchev–Trinajstić information content (AvgIpc) is 3.45. The van der Waals surface area contributed by atoms with E-state index in [0.29, 0.717) is 28.2 Å². The molecule has 0 spiro atoms. The molecule has 0 aliphatic heterocycles. The SMILES string of the molecule is COc1ccc(Cc2nnc(SCc3nnc(C(=O)NCc4ccc(F)cc4)s3)n2N)cc1. The van der Waals surface area contributed by atoms with Crippen molar-refractivity contribution >= 4 is 29.0 Å². The number of nitrogens with one attached hydrogen (secondary N) is 1. The van der Waals surface area contributed by atoms with E-state index in [4.69, 9.17) is 10.6 Å². The molecule has 0 aliphatic carbocycles. The first-order valence-electron chi connectivity index (χ1n) is 9.82. The van der Waals surface area contributed by atoms with Crippen molar-refractivity contribution < 1.29 is 13.9 Å². The quantitative estimate of drug-likeness (QED) is 0.274. The van der Waals surface area contributed by atoms with Crippen LogP contribution < -0.4 is 15.9 Å². The highest BCUT2D eigenvalue weighted by Crippen LogP contribution is 2.23. The van der Waals surface area contributed by atoms with Crippen molar-refractivity contribution in [1.29, 1.82) is 0 Å². The Labute approximate surface area is 197 Å². The van der Waals surface area contributed by atoms with Crippen molar-refractivity contribution in [3.05, 3.63) is 81.3 Å². The molecular weight excluding hydrogens is 465 g/mol. The van der Waals surface area contributed by atoms with E-state index in [9.17, 15) is 9.18 Å². The zero-order valence-corrected chi connectivity index (χ0v) is 19.2. The van der Waals surface area contributed by atoms with Gasteiger partial charge < -0.3 is 15.9 Å². The fourth-order valence-electron chi connectivity index (χ4n) is 2.84. The first-order chi connectivity index (χ1) is 16.0. The van der Waals surface area contributed by atoms with Gasteiger partial charge in [-0.1, -0.05) is 47.4 Å². The summed E-state index contributed by atoms with van der Waals surface area (Å²) in [5.74, 6) is 7.35. The topological polar surface area (TPSA) is 121 Å². The lowest BCUT2D eigenvalue weighted by atomic mass is 10.1. The number of amides is 1. The maximum atomic E-state index is 13.0. The Balaban J connectivity index is 1.30. The molecular formula is C21H20FN7O2S2. The van der Waals surface area contributed by atoms with Crippen molar-refractivity contribution in [3.63, 3.8) is 0 Å². The molecule has 4 aromatic rings. The number of ether oxygens (including phenoxy) is 1. The van der Waals surface area contributed by atoms with Gasteiger partial charge in [-0.25, -0.2) is 9.07 Å². The molecule has 3 N–H and O–H groups in total. The predicted molar refractivity (Wildman–Crippen MR) is 123 cm³/mol. The van der Waals surface area contributed by atoms with E-state index < -0.39 is 0 Å². The number of nitrogens with zero attached hydrogens (tertiary/aromatic N) is 5.